The second-order valence-corrected chi connectivity index (χ2v) is 7.91. The molecule has 0 aromatic rings. The first-order valence-corrected chi connectivity index (χ1v) is 8.40. The quantitative estimate of drug-likeness (QED) is 0.248. The molecule has 0 unspecified atom stereocenters. The van der Waals surface area contributed by atoms with E-state index < -0.39 is 21.8 Å². The molecule has 0 rings (SSSR count). The van der Waals surface area contributed by atoms with Crippen LogP contribution >= 0.6 is 42.0 Å². The molecule has 1 N–H and O–H groups in total. The van der Waals surface area contributed by atoms with Crippen molar-refractivity contribution in [1.29, 1.82) is 0 Å². The Balaban J connectivity index is -0.00000000913. The normalized spacial score (nSPS) is 5.69. The van der Waals surface area contributed by atoms with Gasteiger partial charge in [-0.05, 0) is 0 Å². The van der Waals surface area contributed by atoms with E-state index in [1.54, 1.807) is 0 Å². The van der Waals surface area contributed by atoms with Crippen LogP contribution in [0, 0.1) is 0 Å². The Labute approximate surface area is 187 Å². The van der Waals surface area contributed by atoms with E-state index >= 15 is 0 Å². The van der Waals surface area contributed by atoms with Crippen LogP contribution in [-0.4, -0.2) is 85.6 Å². The molecule has 0 aliphatic heterocycles. The van der Waals surface area contributed by atoms with Gasteiger partial charge in [-0.3, -0.25) is 13.1 Å². The Morgan fingerprint density at radius 3 is 0.875 bits per heavy atom. The van der Waals surface area contributed by atoms with Gasteiger partial charge in [0.1, 0.15) is 0 Å². The molecular weight excluding hydrogens is 544 g/mol. The summed E-state index contributed by atoms with van der Waals surface area (Å²) in [5.41, 5.74) is 0. The zero-order chi connectivity index (χ0) is 10.1. The first kappa shape index (κ1) is 49.7. The number of rotatable bonds is 0. The minimum absolute atomic E-state index is 0. The van der Waals surface area contributed by atoms with Gasteiger partial charge in [-0.2, -0.15) is 0 Å². The van der Waals surface area contributed by atoms with Crippen LogP contribution in [0.5, 0.6) is 0 Å². The monoisotopic (exact) mass is 541 g/mol. The number of hydrogen-bond donors (Lipinski definition) is 1. The molecule has 0 aromatic heterocycles. The van der Waals surface area contributed by atoms with Crippen molar-refractivity contribution in [3.8, 4) is 0 Å². The van der Waals surface area contributed by atoms with Crippen LogP contribution in [0.3, 0.4) is 0 Å². The van der Waals surface area contributed by atoms with Gasteiger partial charge in [0.15, 0.2) is 0 Å². The molecule has 70 valence electrons. The molecule has 0 aromatic carbocycles. The van der Waals surface area contributed by atoms with E-state index in [1.807, 2.05) is 0 Å². The van der Waals surface area contributed by atoms with Crippen LogP contribution in [0.25, 0.3) is 0 Å². The van der Waals surface area contributed by atoms with Gasteiger partial charge < -0.3 is 9.11 Å². The van der Waals surface area contributed by atoms with Crippen LogP contribution in [0.15, 0.2) is 0 Å². The van der Waals surface area contributed by atoms with Gasteiger partial charge in [0.2, 0.25) is 0 Å². The Morgan fingerprint density at radius 2 is 0.875 bits per heavy atom. The smallest absolute Gasteiger partial charge is 0.759 e. The summed E-state index contributed by atoms with van der Waals surface area (Å²) in [5, 5.41) is 0. The number of hydrogen-bond acceptors (Lipinski definition) is 5. The molecule has 0 fully saturated rings. The predicted octanol–water partition coefficient (Wildman–Crippen LogP) is -0.665. The Hall–Kier alpha value is 4.89. The van der Waals surface area contributed by atoms with Gasteiger partial charge in [-0.15, -0.1) is 0 Å². The molecule has 0 saturated heterocycles. The van der Waals surface area contributed by atoms with Crippen molar-refractivity contribution in [2.75, 3.05) is 0 Å². The molecule has 0 spiro atoms. The molecule has 0 atom stereocenters. The molecule has 16 heteroatoms. The zero-order valence-corrected chi connectivity index (χ0v) is 20.7. The van der Waals surface area contributed by atoms with E-state index in [2.05, 4.69) is 11.9 Å². The van der Waals surface area contributed by atoms with Crippen molar-refractivity contribution in [1.82, 2.24) is 0 Å². The topological polar surface area (TPSA) is 100 Å². The summed E-state index contributed by atoms with van der Waals surface area (Å²) in [5.74, 6) is 0. The van der Waals surface area contributed by atoms with Gasteiger partial charge >= 0.3 is 116 Å². The summed E-state index contributed by atoms with van der Waals surface area (Å²) >= 11 is 1.92. The maximum atomic E-state index is 8.52. The van der Waals surface area contributed by atoms with Crippen molar-refractivity contribution in [2.24, 2.45) is 0 Å². The standard InChI is InChI=1S/4Al.ClHO.3ClH.H2O4S.2Zr/c;;;;1-2;;;;1-5(2,3)4;;/h;;;;2H;3*1H;(H2,1,2,3,4);;/q4*+3;;;;;;2*+4/p-5. The van der Waals surface area contributed by atoms with Gasteiger partial charge in [0.05, 0.1) is 11.9 Å². The first-order valence-electron chi connectivity index (χ1n) is 1.49. The van der Waals surface area contributed by atoms with Gasteiger partial charge in [-0.1, -0.05) is 0 Å². The van der Waals surface area contributed by atoms with Crippen LogP contribution in [0.4, 0.5) is 0 Å². The second-order valence-electron chi connectivity index (χ2n) is 0.656. The maximum Gasteiger partial charge on any atom is 4.00 e. The van der Waals surface area contributed by atoms with E-state index in [0.29, 0.717) is 0 Å². The summed E-state index contributed by atoms with van der Waals surface area (Å²) in [7, 11) is 9.67. The molecular formula is HAl4Cl4O5SZr2+15. The van der Waals surface area contributed by atoms with Gasteiger partial charge in [0.25, 0.3) is 0 Å². The third-order valence-corrected chi connectivity index (χ3v) is 0. The average Bonchev–Trinajstić information content (AvgIpc) is 1.63. The molecule has 0 amide bonds. The summed E-state index contributed by atoms with van der Waals surface area (Å²) in [6.07, 6.45) is 0. The maximum absolute atomic E-state index is 8.52. The fourth-order valence-electron chi connectivity index (χ4n) is 0. The predicted molar refractivity (Wildman–Crippen MR) is 59.1 cm³/mol. The summed E-state index contributed by atoms with van der Waals surface area (Å²) in [6.45, 7) is 0. The number of halogens is 4. The van der Waals surface area contributed by atoms with E-state index in [-0.39, 0.29) is 104 Å². The Bertz CT molecular complexity index is 146. The molecule has 5 nitrogen and oxygen atoms in total. The fourth-order valence-corrected chi connectivity index (χ4v) is 0. The molecule has 0 bridgehead atoms. The minimum Gasteiger partial charge on any atom is -0.759 e. The minimum atomic E-state index is -5.17. The molecule has 0 aliphatic carbocycles. The summed E-state index contributed by atoms with van der Waals surface area (Å²) < 4.78 is 40.6. The molecule has 0 heterocycles. The van der Waals surface area contributed by atoms with Crippen molar-refractivity contribution < 1.29 is 74.6 Å². The second kappa shape index (κ2) is 36.8. The Morgan fingerprint density at radius 1 is 0.875 bits per heavy atom. The van der Waals surface area contributed by atoms with Crippen molar-refractivity contribution in [3.63, 3.8) is 0 Å². The van der Waals surface area contributed by atoms with E-state index in [0.717, 1.165) is 0 Å². The van der Waals surface area contributed by atoms with E-state index in [1.165, 1.54) is 0 Å². The van der Waals surface area contributed by atoms with E-state index in [4.69, 9.17) is 52.3 Å². The van der Waals surface area contributed by atoms with Crippen LogP contribution < -0.4 is 0 Å². The van der Waals surface area contributed by atoms with Crippen molar-refractivity contribution in [2.45, 2.75) is 0 Å². The molecule has 0 aliphatic rings. The van der Waals surface area contributed by atoms with Crippen molar-refractivity contribution in [3.05, 3.63) is 0 Å². The third-order valence-electron chi connectivity index (χ3n) is 0. The SMILES string of the molecule is O=S(=O)([O-])[O-].OCl.[Al+3].[Al+3].[Al+3].[Cl][Al]([Cl])[Cl].[Zr+4].[Zr+4]. The van der Waals surface area contributed by atoms with Crippen molar-refractivity contribution >= 4 is 116 Å². The summed E-state index contributed by atoms with van der Waals surface area (Å²) in [4.78, 5) is 0. The van der Waals surface area contributed by atoms with Gasteiger partial charge in [-0.25, -0.2) is 30.1 Å². The fraction of sp³-hybridized carbons (Fsp3) is 0. The van der Waals surface area contributed by atoms with Gasteiger partial charge in [0, 0.05) is 10.4 Å². The van der Waals surface area contributed by atoms with Crippen LogP contribution in [-0.2, 0) is 62.8 Å². The molecule has 16 heavy (non-hydrogen) atoms. The first-order chi connectivity index (χ1) is 4.73. The average molecular weight is 545 g/mol. The van der Waals surface area contributed by atoms with Crippen LogP contribution in [0.1, 0.15) is 0 Å². The Kier molecular flexibility index (Phi) is 114. The largest absolute Gasteiger partial charge is 4.00 e. The third kappa shape index (κ3) is 253. The van der Waals surface area contributed by atoms with Crippen LogP contribution in [0.2, 0.25) is 0 Å². The zero-order valence-electron chi connectivity index (χ0n) is 7.31. The molecule has 0 saturated carbocycles. The molecule has 0 radical (unpaired) electrons. The van der Waals surface area contributed by atoms with E-state index in [9.17, 15) is 0 Å². The summed E-state index contributed by atoms with van der Waals surface area (Å²) in [6, 6.07) is 0.